The van der Waals surface area contributed by atoms with Crippen LogP contribution >= 0.6 is 0 Å². The Balaban J connectivity index is 2.41. The van der Waals surface area contributed by atoms with Gasteiger partial charge in [-0.05, 0) is 25.5 Å². The van der Waals surface area contributed by atoms with Crippen molar-refractivity contribution < 1.29 is 14.6 Å². The van der Waals surface area contributed by atoms with Crippen LogP contribution in [0, 0.1) is 6.92 Å². The second-order valence-electron chi connectivity index (χ2n) is 4.39. The fourth-order valence-corrected chi connectivity index (χ4v) is 1.87. The number of pyridine rings is 1. The molecular formula is C14H16N2O3. The molecule has 19 heavy (non-hydrogen) atoms. The van der Waals surface area contributed by atoms with Crippen molar-refractivity contribution >= 4 is 22.6 Å². The Morgan fingerprint density at radius 2 is 2.21 bits per heavy atom. The molecule has 0 saturated heterocycles. The van der Waals surface area contributed by atoms with Crippen LogP contribution in [0.1, 0.15) is 19.0 Å². The molecule has 0 radical (unpaired) electrons. The highest BCUT2D eigenvalue weighted by Gasteiger charge is 2.17. The Kier molecular flexibility index (Phi) is 3.55. The molecule has 0 saturated carbocycles. The number of carbonyl (C=O) groups is 1. The Bertz CT molecular complexity index is 625. The number of rotatable bonds is 4. The van der Waals surface area contributed by atoms with E-state index in [1.165, 1.54) is 0 Å². The summed E-state index contributed by atoms with van der Waals surface area (Å²) in [6.07, 6.45) is -0.477. The molecule has 3 N–H and O–H groups in total. The summed E-state index contributed by atoms with van der Waals surface area (Å²) in [5.74, 6) is -0.534. The first-order valence-electron chi connectivity index (χ1n) is 6.07. The Morgan fingerprint density at radius 1 is 1.47 bits per heavy atom. The Labute approximate surface area is 111 Å². The van der Waals surface area contributed by atoms with E-state index in [-0.39, 0.29) is 0 Å². The molecule has 0 fully saturated rings. The van der Waals surface area contributed by atoms with E-state index in [1.807, 2.05) is 19.1 Å². The van der Waals surface area contributed by atoms with Crippen molar-refractivity contribution in [3.63, 3.8) is 0 Å². The lowest BCUT2D eigenvalue weighted by Crippen LogP contribution is -2.25. The predicted molar refractivity (Wildman–Crippen MR) is 73.2 cm³/mol. The quantitative estimate of drug-likeness (QED) is 0.824. The molecule has 1 aromatic carbocycles. The van der Waals surface area contributed by atoms with Crippen LogP contribution in [0.4, 0.5) is 5.69 Å². The average Bonchev–Trinajstić information content (AvgIpc) is 2.36. The summed E-state index contributed by atoms with van der Waals surface area (Å²) in [5, 5.41) is 9.82. The molecule has 0 amide bonds. The summed E-state index contributed by atoms with van der Waals surface area (Å²) in [7, 11) is 0. The topological polar surface area (TPSA) is 85.4 Å². The van der Waals surface area contributed by atoms with Gasteiger partial charge in [-0.1, -0.05) is 13.0 Å². The number of hydrogen-bond donors (Lipinski definition) is 2. The molecule has 0 bridgehead atoms. The first kappa shape index (κ1) is 13.1. The summed E-state index contributed by atoms with van der Waals surface area (Å²) in [5.41, 5.74) is 8.00. The van der Waals surface area contributed by atoms with Gasteiger partial charge in [-0.2, -0.15) is 0 Å². The van der Waals surface area contributed by atoms with Crippen molar-refractivity contribution in [3.8, 4) is 5.75 Å². The lowest BCUT2D eigenvalue weighted by atomic mass is 10.1. The van der Waals surface area contributed by atoms with Crippen molar-refractivity contribution in [3.05, 3.63) is 30.0 Å². The van der Waals surface area contributed by atoms with Crippen LogP contribution in [0.15, 0.2) is 24.3 Å². The van der Waals surface area contributed by atoms with Crippen molar-refractivity contribution in [1.82, 2.24) is 4.98 Å². The number of hydrogen-bond acceptors (Lipinski definition) is 4. The average molecular weight is 260 g/mol. The number of nitrogens with two attached hydrogens (primary N) is 1. The van der Waals surface area contributed by atoms with Crippen LogP contribution in [-0.2, 0) is 4.79 Å². The van der Waals surface area contributed by atoms with Crippen LogP contribution in [0.3, 0.4) is 0 Å². The van der Waals surface area contributed by atoms with E-state index in [0.717, 1.165) is 11.1 Å². The van der Waals surface area contributed by atoms with Crippen molar-refractivity contribution in [1.29, 1.82) is 0 Å². The largest absolute Gasteiger partial charge is 0.479 e. The molecule has 0 spiro atoms. The van der Waals surface area contributed by atoms with E-state index in [0.29, 0.717) is 23.4 Å². The maximum absolute atomic E-state index is 11.0. The first-order chi connectivity index (χ1) is 9.01. The van der Waals surface area contributed by atoms with E-state index in [1.54, 1.807) is 19.1 Å². The van der Waals surface area contributed by atoms with Gasteiger partial charge in [0.05, 0.1) is 11.2 Å². The smallest absolute Gasteiger partial charge is 0.344 e. The molecule has 2 rings (SSSR count). The number of aliphatic carboxylic acids is 1. The number of aryl methyl sites for hydroxylation is 1. The first-order valence-corrected chi connectivity index (χ1v) is 6.07. The monoisotopic (exact) mass is 260 g/mol. The number of fused-ring (bicyclic) bond motifs is 1. The van der Waals surface area contributed by atoms with Gasteiger partial charge in [0.2, 0.25) is 0 Å². The highest BCUT2D eigenvalue weighted by molar-refractivity contribution is 5.91. The van der Waals surface area contributed by atoms with E-state index >= 15 is 0 Å². The van der Waals surface area contributed by atoms with Crippen molar-refractivity contribution in [2.75, 3.05) is 5.73 Å². The highest BCUT2D eigenvalue weighted by atomic mass is 16.5. The number of benzene rings is 1. The number of carboxylic acid groups (broad SMARTS) is 1. The molecule has 0 aliphatic rings. The molecule has 1 aromatic heterocycles. The Hall–Kier alpha value is -2.30. The number of anilines is 1. The van der Waals surface area contributed by atoms with Gasteiger partial charge in [-0.25, -0.2) is 4.79 Å². The van der Waals surface area contributed by atoms with E-state index in [2.05, 4.69) is 4.98 Å². The standard InChI is InChI=1S/C14H16N2O3/c1-3-12(14(17)18)19-10-6-9-5-4-8(2)16-13(9)11(15)7-10/h4-7,12H,3,15H2,1-2H3,(H,17,18)/t12-/m1/s1. The molecule has 5 nitrogen and oxygen atoms in total. The minimum Gasteiger partial charge on any atom is -0.479 e. The molecular weight excluding hydrogens is 244 g/mol. The molecule has 100 valence electrons. The van der Waals surface area contributed by atoms with Crippen LogP contribution in [0.25, 0.3) is 10.9 Å². The zero-order valence-corrected chi connectivity index (χ0v) is 10.9. The van der Waals surface area contributed by atoms with Gasteiger partial charge >= 0.3 is 5.97 Å². The minimum atomic E-state index is -0.983. The molecule has 1 atom stereocenters. The molecule has 1 heterocycles. The van der Waals surface area contributed by atoms with E-state index in [9.17, 15) is 4.79 Å². The number of ether oxygens (including phenoxy) is 1. The van der Waals surface area contributed by atoms with Crippen LogP contribution in [-0.4, -0.2) is 22.2 Å². The number of carboxylic acids is 1. The fourth-order valence-electron chi connectivity index (χ4n) is 1.87. The minimum absolute atomic E-state index is 0.388. The van der Waals surface area contributed by atoms with Crippen LogP contribution in [0.5, 0.6) is 5.75 Å². The number of aromatic nitrogens is 1. The maximum Gasteiger partial charge on any atom is 0.344 e. The zero-order chi connectivity index (χ0) is 14.0. The third-order valence-electron chi connectivity index (χ3n) is 2.86. The zero-order valence-electron chi connectivity index (χ0n) is 10.9. The van der Waals surface area contributed by atoms with E-state index < -0.39 is 12.1 Å². The molecule has 0 unspecified atom stereocenters. The van der Waals surface area contributed by atoms with Gasteiger partial charge in [0.15, 0.2) is 6.10 Å². The van der Waals surface area contributed by atoms with Gasteiger partial charge in [-0.15, -0.1) is 0 Å². The van der Waals surface area contributed by atoms with Gasteiger partial charge in [0.25, 0.3) is 0 Å². The van der Waals surface area contributed by atoms with Gasteiger partial charge in [0.1, 0.15) is 5.75 Å². The molecule has 0 aliphatic heterocycles. The summed E-state index contributed by atoms with van der Waals surface area (Å²) in [4.78, 5) is 15.3. The summed E-state index contributed by atoms with van der Waals surface area (Å²) in [6.45, 7) is 3.65. The van der Waals surface area contributed by atoms with Gasteiger partial charge in [0, 0.05) is 17.1 Å². The summed E-state index contributed by atoms with van der Waals surface area (Å²) < 4.78 is 5.44. The molecule has 0 aliphatic carbocycles. The van der Waals surface area contributed by atoms with Crippen LogP contribution in [0.2, 0.25) is 0 Å². The van der Waals surface area contributed by atoms with Crippen LogP contribution < -0.4 is 10.5 Å². The highest BCUT2D eigenvalue weighted by Crippen LogP contribution is 2.27. The van der Waals surface area contributed by atoms with Crippen molar-refractivity contribution in [2.45, 2.75) is 26.4 Å². The lowest BCUT2D eigenvalue weighted by molar-refractivity contribution is -0.145. The lowest BCUT2D eigenvalue weighted by Gasteiger charge is -2.14. The predicted octanol–water partition coefficient (Wildman–Crippen LogP) is 2.37. The van der Waals surface area contributed by atoms with Gasteiger partial charge in [-0.3, -0.25) is 4.98 Å². The second-order valence-corrected chi connectivity index (χ2v) is 4.39. The summed E-state index contributed by atoms with van der Waals surface area (Å²) >= 11 is 0. The SMILES string of the molecule is CC[C@@H](Oc1cc(N)c2nc(C)ccc2c1)C(=O)O. The number of nitrogen functional groups attached to an aromatic ring is 1. The molecule has 2 aromatic rings. The molecule has 5 heteroatoms. The third kappa shape index (κ3) is 2.76. The summed E-state index contributed by atoms with van der Waals surface area (Å²) in [6, 6.07) is 7.13. The third-order valence-corrected chi connectivity index (χ3v) is 2.86. The van der Waals surface area contributed by atoms with Crippen molar-refractivity contribution in [2.24, 2.45) is 0 Å². The van der Waals surface area contributed by atoms with Gasteiger partial charge < -0.3 is 15.6 Å². The normalized spacial score (nSPS) is 12.3. The number of nitrogens with zero attached hydrogens (tertiary/aromatic N) is 1. The van der Waals surface area contributed by atoms with E-state index in [4.69, 9.17) is 15.6 Å². The fraction of sp³-hybridized carbons (Fsp3) is 0.286. The maximum atomic E-state index is 11.0. The second kappa shape index (κ2) is 5.14. The Morgan fingerprint density at radius 3 is 2.84 bits per heavy atom.